The maximum Gasteiger partial charge on any atom is 0.266 e. The Kier molecular flexibility index (Phi) is 7.57. The lowest BCUT2D eigenvalue weighted by atomic mass is 9.41. The molecule has 0 aromatic heterocycles. The van der Waals surface area contributed by atoms with Crippen molar-refractivity contribution in [3.63, 3.8) is 0 Å². The Morgan fingerprint density at radius 3 is 1.73 bits per heavy atom. The van der Waals surface area contributed by atoms with Gasteiger partial charge in [0.05, 0.1) is 0 Å². The smallest absolute Gasteiger partial charge is 0.266 e. The fraction of sp³-hybridized carbons (Fsp3) is 0.486. The van der Waals surface area contributed by atoms with Crippen LogP contribution in [0, 0.1) is 0 Å². The molecule has 0 atom stereocenters. The lowest BCUT2D eigenvalue weighted by Gasteiger charge is -2.41. The predicted octanol–water partition coefficient (Wildman–Crippen LogP) is 9.42. The van der Waals surface area contributed by atoms with Gasteiger partial charge in [0.2, 0.25) is 0 Å². The third-order valence-electron chi connectivity index (χ3n) is 8.38. The Hall–Kier alpha value is -2.32. The van der Waals surface area contributed by atoms with Gasteiger partial charge in [-0.3, -0.25) is 0 Å². The summed E-state index contributed by atoms with van der Waals surface area (Å²) in [6, 6.07) is 15.5. The van der Waals surface area contributed by atoms with E-state index in [2.05, 4.69) is 129 Å². The van der Waals surface area contributed by atoms with Crippen LogP contribution in [0.2, 0.25) is 0 Å². The summed E-state index contributed by atoms with van der Waals surface area (Å²) in [4.78, 5) is 2.77. The minimum absolute atomic E-state index is 0.113. The summed E-state index contributed by atoms with van der Waals surface area (Å²) >= 11 is 0. The van der Waals surface area contributed by atoms with Gasteiger partial charge >= 0.3 is 0 Å². The molecular weight excluding hydrogens is 445 g/mol. The Morgan fingerprint density at radius 1 is 0.838 bits per heavy atom. The first-order chi connectivity index (χ1) is 17.2. The van der Waals surface area contributed by atoms with Crippen LogP contribution in [0.4, 0.5) is 0 Å². The van der Waals surface area contributed by atoms with Crippen LogP contribution in [-0.2, 0) is 10.8 Å². The van der Waals surface area contributed by atoms with Gasteiger partial charge < -0.3 is 4.81 Å². The second-order valence-electron chi connectivity index (χ2n) is 13.9. The second-order valence-corrected chi connectivity index (χ2v) is 13.9. The first-order valence-electron chi connectivity index (χ1n) is 14.3. The first kappa shape index (κ1) is 27.7. The summed E-state index contributed by atoms with van der Waals surface area (Å²) in [6.07, 6.45) is 8.85. The van der Waals surface area contributed by atoms with E-state index in [1.54, 1.807) is 5.47 Å². The molecule has 196 valence electrons. The molecule has 0 amide bonds. The molecule has 2 aliphatic rings. The lowest BCUT2D eigenvalue weighted by molar-refractivity contribution is 0.301. The van der Waals surface area contributed by atoms with E-state index < -0.39 is 0 Å². The lowest BCUT2D eigenvalue weighted by Crippen LogP contribution is -2.52. The third-order valence-corrected chi connectivity index (χ3v) is 8.38. The molecule has 0 radical (unpaired) electrons. The van der Waals surface area contributed by atoms with Gasteiger partial charge in [-0.2, -0.15) is 0 Å². The summed E-state index contributed by atoms with van der Waals surface area (Å²) < 4.78 is 0. The van der Waals surface area contributed by atoms with E-state index in [0.29, 0.717) is 24.7 Å². The van der Waals surface area contributed by atoms with E-state index in [1.807, 2.05) is 6.08 Å². The van der Waals surface area contributed by atoms with Crippen molar-refractivity contribution in [2.75, 3.05) is 0 Å². The molecule has 4 rings (SSSR count). The molecule has 1 nitrogen and oxygen atoms in total. The van der Waals surface area contributed by atoms with Gasteiger partial charge in [-0.25, -0.2) is 0 Å². The average molecular weight is 494 g/mol. The highest BCUT2D eigenvalue weighted by molar-refractivity contribution is 6.67. The van der Waals surface area contributed by atoms with E-state index >= 15 is 0 Å². The average Bonchev–Trinajstić information content (AvgIpc) is 3.37. The fourth-order valence-electron chi connectivity index (χ4n) is 6.52. The molecule has 0 aliphatic heterocycles. The second kappa shape index (κ2) is 10.1. The minimum Gasteiger partial charge on any atom is -0.333 e. The van der Waals surface area contributed by atoms with Crippen molar-refractivity contribution in [1.29, 1.82) is 0 Å². The Morgan fingerprint density at radius 2 is 1.32 bits per heavy atom. The maximum atomic E-state index is 4.01. The highest BCUT2D eigenvalue weighted by Crippen LogP contribution is 2.51. The molecule has 0 spiro atoms. The van der Waals surface area contributed by atoms with Crippen molar-refractivity contribution in [2.45, 2.75) is 111 Å². The van der Waals surface area contributed by atoms with E-state index in [0.717, 1.165) is 12.8 Å². The van der Waals surface area contributed by atoms with E-state index in [9.17, 15) is 0 Å². The van der Waals surface area contributed by atoms with Gasteiger partial charge in [-0.05, 0) is 69.1 Å². The number of fused-ring (bicyclic) bond motifs is 3. The van der Waals surface area contributed by atoms with E-state index in [4.69, 9.17) is 0 Å². The minimum atomic E-state index is 0.113. The number of hydrogen-bond acceptors (Lipinski definition) is 1. The molecular formula is C35H48BN. The Labute approximate surface area is 227 Å². The van der Waals surface area contributed by atoms with Crippen molar-refractivity contribution >= 4 is 6.85 Å². The van der Waals surface area contributed by atoms with Gasteiger partial charge in [0.25, 0.3) is 6.85 Å². The molecule has 2 aromatic rings. The molecule has 0 heterocycles. The summed E-state index contributed by atoms with van der Waals surface area (Å²) in [5, 5.41) is 0. The van der Waals surface area contributed by atoms with Crippen molar-refractivity contribution in [2.24, 2.45) is 0 Å². The molecule has 0 fully saturated rings. The summed E-state index contributed by atoms with van der Waals surface area (Å²) in [7, 11) is 0. The number of benzene rings is 2. The van der Waals surface area contributed by atoms with Gasteiger partial charge in [0.15, 0.2) is 0 Å². The van der Waals surface area contributed by atoms with Gasteiger partial charge in [-0.15, -0.1) is 6.58 Å². The normalized spacial score (nSPS) is 15.8. The highest BCUT2D eigenvalue weighted by Gasteiger charge is 2.45. The van der Waals surface area contributed by atoms with E-state index in [1.165, 1.54) is 39.0 Å². The quantitative estimate of drug-likeness (QED) is 0.274. The molecule has 2 aromatic carbocycles. The zero-order valence-electron chi connectivity index (χ0n) is 25.1. The number of allylic oxidation sites excluding steroid dienone is 5. The molecule has 0 unspecified atom stereocenters. The SMILES string of the molecule is C=CCC1=CC=C(B(C2c3cc(C(C)(C)C)ccc3-c3ccc(C(C)(C)C)cc32)N(C(C)C)C(C)C)C1. The molecule has 2 heteroatoms. The third kappa shape index (κ3) is 5.33. The first-order valence-corrected chi connectivity index (χ1v) is 14.3. The van der Waals surface area contributed by atoms with Crippen molar-refractivity contribution in [1.82, 2.24) is 4.81 Å². The van der Waals surface area contributed by atoms with Gasteiger partial charge in [-0.1, -0.05) is 135 Å². The topological polar surface area (TPSA) is 3.24 Å². The zero-order chi connectivity index (χ0) is 27.3. The molecule has 0 saturated heterocycles. The Balaban J connectivity index is 1.98. The van der Waals surface area contributed by atoms with Gasteiger partial charge in [0, 0.05) is 5.82 Å². The van der Waals surface area contributed by atoms with Crippen molar-refractivity contribution < 1.29 is 0 Å². The molecule has 0 saturated carbocycles. The van der Waals surface area contributed by atoms with Gasteiger partial charge in [0.1, 0.15) is 0 Å². The number of hydrogen-bond donors (Lipinski definition) is 0. The van der Waals surface area contributed by atoms with Crippen LogP contribution in [0.1, 0.15) is 110 Å². The van der Waals surface area contributed by atoms with Crippen LogP contribution < -0.4 is 0 Å². The largest absolute Gasteiger partial charge is 0.333 e. The molecule has 37 heavy (non-hydrogen) atoms. The van der Waals surface area contributed by atoms with Crippen LogP contribution >= 0.6 is 0 Å². The van der Waals surface area contributed by atoms with Crippen molar-refractivity contribution in [3.05, 3.63) is 94.5 Å². The molecule has 0 N–H and O–H groups in total. The predicted molar refractivity (Wildman–Crippen MR) is 165 cm³/mol. The van der Waals surface area contributed by atoms with Crippen LogP contribution in [-0.4, -0.2) is 23.7 Å². The van der Waals surface area contributed by atoms with Crippen LogP contribution in [0.3, 0.4) is 0 Å². The van der Waals surface area contributed by atoms with Crippen LogP contribution in [0.5, 0.6) is 0 Å². The van der Waals surface area contributed by atoms with E-state index in [-0.39, 0.29) is 10.8 Å². The Bertz CT molecular complexity index is 1160. The molecule has 0 bridgehead atoms. The van der Waals surface area contributed by atoms with Crippen molar-refractivity contribution in [3.8, 4) is 11.1 Å². The number of rotatable bonds is 7. The highest BCUT2D eigenvalue weighted by atomic mass is 15.1. The summed E-state index contributed by atoms with van der Waals surface area (Å²) in [5.74, 6) is 0.308. The zero-order valence-corrected chi connectivity index (χ0v) is 25.1. The standard InChI is InChI=1S/C35H48BN/c1-12-13-25-14-17-28(20-25)36(37(23(2)3)24(4)5)33-31-21-26(34(6,7)8)15-18-29(31)30-19-16-27(22-32(30)33)35(9,10)11/h12,14-19,21-24,33H,1,13,20H2,2-11H3. The number of nitrogens with zero attached hydrogens (tertiary/aromatic N) is 1. The summed E-state index contributed by atoms with van der Waals surface area (Å²) in [6.45, 7) is 27.8. The summed E-state index contributed by atoms with van der Waals surface area (Å²) in [5.41, 5.74) is 11.9. The maximum absolute atomic E-state index is 4.01. The molecule has 2 aliphatic carbocycles. The fourth-order valence-corrected chi connectivity index (χ4v) is 6.52. The van der Waals surface area contributed by atoms with Crippen LogP contribution in [0.15, 0.2) is 72.3 Å². The van der Waals surface area contributed by atoms with Crippen LogP contribution in [0.25, 0.3) is 11.1 Å². The monoisotopic (exact) mass is 493 g/mol.